The normalized spacial score (nSPS) is 19.8. The van der Waals surface area contributed by atoms with Crippen LogP contribution in [-0.2, 0) is 11.8 Å². The van der Waals surface area contributed by atoms with Crippen molar-refractivity contribution in [3.8, 4) is 5.69 Å². The molecule has 2 aliphatic carbocycles. The van der Waals surface area contributed by atoms with Gasteiger partial charge in [0.2, 0.25) is 0 Å². The summed E-state index contributed by atoms with van der Waals surface area (Å²) in [5.74, 6) is -0.0994. The molecule has 2 heterocycles. The third-order valence-electron chi connectivity index (χ3n) is 5.61. The predicted molar refractivity (Wildman–Crippen MR) is 101 cm³/mol. The molecular formula is C21H20F2N4O2. The number of amides is 1. The second-order valence-electron chi connectivity index (χ2n) is 8.81. The third-order valence-corrected chi connectivity index (χ3v) is 5.61. The van der Waals surface area contributed by atoms with Gasteiger partial charge in [-0.05, 0) is 30.9 Å². The second-order valence-corrected chi connectivity index (χ2v) is 8.81. The first-order valence-corrected chi connectivity index (χ1v) is 9.58. The molecular weight excluding hydrogens is 378 g/mol. The molecule has 1 fully saturated rings. The maximum absolute atomic E-state index is 14.4. The van der Waals surface area contributed by atoms with Crippen LogP contribution >= 0.6 is 0 Å². The number of fused-ring (bicyclic) bond motifs is 3. The number of rotatable bonds is 3. The average Bonchev–Trinajstić information content (AvgIpc) is 2.98. The number of hydrogen-bond donors (Lipinski definition) is 1. The van der Waals surface area contributed by atoms with E-state index in [9.17, 15) is 13.6 Å². The Morgan fingerprint density at radius 1 is 1.28 bits per heavy atom. The minimum Gasteiger partial charge on any atom is -0.359 e. The van der Waals surface area contributed by atoms with Crippen LogP contribution < -0.4 is 5.32 Å². The van der Waals surface area contributed by atoms with Crippen molar-refractivity contribution in [1.82, 2.24) is 14.9 Å². The molecule has 0 radical (unpaired) electrons. The van der Waals surface area contributed by atoms with Gasteiger partial charge in [0.15, 0.2) is 17.3 Å². The molecule has 29 heavy (non-hydrogen) atoms. The SMILES string of the molecule is CC(C)(C)c1cc(NC(=O)c2nn(-c3ccc(F)cc3F)c3c2C[C@H]2C[C@@H]32)no1. The molecule has 5 rings (SSSR count). The topological polar surface area (TPSA) is 73.0 Å². The number of halogens is 2. The Bertz CT molecular complexity index is 1140. The van der Waals surface area contributed by atoms with Crippen molar-refractivity contribution < 1.29 is 18.1 Å². The van der Waals surface area contributed by atoms with Crippen LogP contribution in [0.25, 0.3) is 5.69 Å². The molecule has 150 valence electrons. The highest BCUT2D eigenvalue weighted by molar-refractivity contribution is 6.03. The fourth-order valence-electron chi connectivity index (χ4n) is 4.00. The molecule has 1 aromatic carbocycles. The van der Waals surface area contributed by atoms with E-state index in [1.54, 1.807) is 6.07 Å². The summed E-state index contributed by atoms with van der Waals surface area (Å²) in [4.78, 5) is 12.9. The maximum Gasteiger partial charge on any atom is 0.277 e. The number of carbonyl (C=O) groups is 1. The number of nitrogens with one attached hydrogen (secondary N) is 1. The quantitative estimate of drug-likeness (QED) is 0.712. The largest absolute Gasteiger partial charge is 0.359 e. The minimum absolute atomic E-state index is 0.144. The predicted octanol–water partition coefficient (Wildman–Crippen LogP) is 4.35. The van der Waals surface area contributed by atoms with Crippen molar-refractivity contribution in [2.24, 2.45) is 5.92 Å². The van der Waals surface area contributed by atoms with E-state index in [0.29, 0.717) is 17.5 Å². The van der Waals surface area contributed by atoms with E-state index in [4.69, 9.17) is 4.52 Å². The molecule has 1 N–H and O–H groups in total. The van der Waals surface area contributed by atoms with Crippen LogP contribution in [-0.4, -0.2) is 20.8 Å². The van der Waals surface area contributed by atoms with Crippen LogP contribution in [0.2, 0.25) is 0 Å². The van der Waals surface area contributed by atoms with Gasteiger partial charge < -0.3 is 9.84 Å². The molecule has 1 amide bonds. The highest BCUT2D eigenvalue weighted by atomic mass is 19.1. The number of nitrogens with zero attached hydrogens (tertiary/aromatic N) is 3. The Balaban J connectivity index is 1.51. The second kappa shape index (κ2) is 5.98. The Morgan fingerprint density at radius 2 is 2.07 bits per heavy atom. The van der Waals surface area contributed by atoms with Gasteiger partial charge in [0.1, 0.15) is 17.3 Å². The monoisotopic (exact) mass is 398 g/mol. The first-order valence-electron chi connectivity index (χ1n) is 9.58. The van der Waals surface area contributed by atoms with Gasteiger partial charge in [0.05, 0.1) is 5.69 Å². The molecule has 0 spiro atoms. The van der Waals surface area contributed by atoms with Crippen LogP contribution in [0.15, 0.2) is 28.8 Å². The molecule has 0 saturated heterocycles. The zero-order valence-corrected chi connectivity index (χ0v) is 16.3. The molecule has 0 unspecified atom stereocenters. The summed E-state index contributed by atoms with van der Waals surface area (Å²) in [6, 6.07) is 5.05. The number of carbonyl (C=O) groups excluding carboxylic acids is 1. The molecule has 0 aliphatic heterocycles. The Hall–Kier alpha value is -3.03. The fourth-order valence-corrected chi connectivity index (χ4v) is 4.00. The standard InChI is InChI=1S/C21H20F2N4O2/c1-21(2,3)16-9-17(26-29-16)24-20(28)18-13-7-10-6-12(10)19(13)27(25-18)15-5-4-11(22)8-14(15)23/h4-5,8-10,12H,6-7H2,1-3H3,(H,24,26,28)/t10-,12-/m1/s1. The van der Waals surface area contributed by atoms with Gasteiger partial charge in [0.25, 0.3) is 5.91 Å². The summed E-state index contributed by atoms with van der Waals surface area (Å²) < 4.78 is 34.5. The lowest BCUT2D eigenvalue weighted by Gasteiger charge is -2.11. The van der Waals surface area contributed by atoms with Crippen molar-refractivity contribution in [2.75, 3.05) is 5.32 Å². The van der Waals surface area contributed by atoms with Gasteiger partial charge in [-0.25, -0.2) is 13.5 Å². The lowest BCUT2D eigenvalue weighted by Crippen LogP contribution is -2.15. The zero-order valence-electron chi connectivity index (χ0n) is 16.3. The van der Waals surface area contributed by atoms with Crippen molar-refractivity contribution in [1.29, 1.82) is 0 Å². The molecule has 0 bridgehead atoms. The Morgan fingerprint density at radius 3 is 2.76 bits per heavy atom. The number of aromatic nitrogens is 3. The molecule has 2 aromatic heterocycles. The smallest absolute Gasteiger partial charge is 0.277 e. The molecule has 2 atom stereocenters. The van der Waals surface area contributed by atoms with Crippen molar-refractivity contribution in [3.63, 3.8) is 0 Å². The van der Waals surface area contributed by atoms with Crippen LogP contribution in [0.1, 0.15) is 60.6 Å². The van der Waals surface area contributed by atoms with Gasteiger partial charge in [-0.1, -0.05) is 25.9 Å². The Kier molecular flexibility index (Phi) is 3.72. The fraction of sp³-hybridized carbons (Fsp3) is 0.381. The van der Waals surface area contributed by atoms with E-state index in [1.165, 1.54) is 16.8 Å². The van der Waals surface area contributed by atoms with Gasteiger partial charge in [-0.3, -0.25) is 4.79 Å². The molecule has 8 heteroatoms. The van der Waals surface area contributed by atoms with E-state index < -0.39 is 17.5 Å². The summed E-state index contributed by atoms with van der Waals surface area (Å²) in [6.45, 7) is 5.95. The van der Waals surface area contributed by atoms with E-state index in [-0.39, 0.29) is 22.7 Å². The summed E-state index contributed by atoms with van der Waals surface area (Å²) in [7, 11) is 0. The highest BCUT2D eigenvalue weighted by Crippen LogP contribution is 2.57. The van der Waals surface area contributed by atoms with E-state index >= 15 is 0 Å². The van der Waals surface area contributed by atoms with Gasteiger partial charge >= 0.3 is 0 Å². The zero-order chi connectivity index (χ0) is 20.5. The van der Waals surface area contributed by atoms with Crippen LogP contribution in [0.4, 0.5) is 14.6 Å². The number of benzene rings is 1. The summed E-state index contributed by atoms with van der Waals surface area (Å²) >= 11 is 0. The first kappa shape index (κ1) is 18.0. The number of anilines is 1. The highest BCUT2D eigenvalue weighted by Gasteiger charge is 2.50. The van der Waals surface area contributed by atoms with E-state index in [0.717, 1.165) is 30.2 Å². The lowest BCUT2D eigenvalue weighted by molar-refractivity contribution is 0.102. The summed E-state index contributed by atoms with van der Waals surface area (Å²) in [5.41, 5.74) is 1.83. The van der Waals surface area contributed by atoms with Gasteiger partial charge in [-0.15, -0.1) is 0 Å². The molecule has 3 aromatic rings. The van der Waals surface area contributed by atoms with Crippen LogP contribution in [0, 0.1) is 17.6 Å². The third kappa shape index (κ3) is 2.94. The van der Waals surface area contributed by atoms with Crippen molar-refractivity contribution >= 4 is 11.7 Å². The average molecular weight is 398 g/mol. The Labute approximate surface area is 165 Å². The van der Waals surface area contributed by atoms with E-state index in [2.05, 4.69) is 15.6 Å². The molecule has 2 aliphatic rings. The van der Waals surface area contributed by atoms with Gasteiger partial charge in [0, 0.05) is 29.0 Å². The summed E-state index contributed by atoms with van der Waals surface area (Å²) in [6.07, 6.45) is 1.73. The van der Waals surface area contributed by atoms with Crippen molar-refractivity contribution in [2.45, 2.75) is 44.9 Å². The lowest BCUT2D eigenvalue weighted by atomic mass is 9.93. The molecule has 6 nitrogen and oxygen atoms in total. The number of hydrogen-bond acceptors (Lipinski definition) is 4. The van der Waals surface area contributed by atoms with E-state index in [1.807, 2.05) is 20.8 Å². The first-order chi connectivity index (χ1) is 13.7. The minimum atomic E-state index is -0.710. The van der Waals surface area contributed by atoms with Crippen LogP contribution in [0.3, 0.4) is 0 Å². The van der Waals surface area contributed by atoms with Gasteiger partial charge in [-0.2, -0.15) is 5.10 Å². The van der Waals surface area contributed by atoms with Crippen molar-refractivity contribution in [3.05, 3.63) is 58.6 Å². The summed E-state index contributed by atoms with van der Waals surface area (Å²) in [5, 5.41) is 11.0. The molecule has 1 saturated carbocycles. The maximum atomic E-state index is 14.4. The van der Waals surface area contributed by atoms with Crippen LogP contribution in [0.5, 0.6) is 0 Å².